The third-order valence-electron chi connectivity index (χ3n) is 4.08. The van der Waals surface area contributed by atoms with E-state index in [2.05, 4.69) is 0 Å². The molecule has 1 fully saturated rings. The van der Waals surface area contributed by atoms with E-state index in [4.69, 9.17) is 9.31 Å². The summed E-state index contributed by atoms with van der Waals surface area (Å²) >= 11 is 0. The standard InChI is InChI=1S/C18H22BNO5/c1-3-4-8-11-18(14-21,15-9-6-5-7-10-15)19-24-16(22)12-20(2)13-17(23)25-19/h4-10,14H,3,11-13H2,1-2H3/b8-4+. The third kappa shape index (κ3) is 4.57. The van der Waals surface area contributed by atoms with Crippen LogP contribution in [0.15, 0.2) is 42.5 Å². The molecule has 25 heavy (non-hydrogen) atoms. The molecule has 1 aromatic carbocycles. The van der Waals surface area contributed by atoms with Crippen molar-refractivity contribution in [1.82, 2.24) is 4.90 Å². The van der Waals surface area contributed by atoms with Crippen LogP contribution in [0.4, 0.5) is 0 Å². The van der Waals surface area contributed by atoms with Crippen molar-refractivity contribution < 1.29 is 23.7 Å². The molecule has 2 rings (SSSR count). The lowest BCUT2D eigenvalue weighted by atomic mass is 9.52. The summed E-state index contributed by atoms with van der Waals surface area (Å²) in [6.07, 6.45) is 5.53. The number of hydrogen-bond acceptors (Lipinski definition) is 6. The van der Waals surface area contributed by atoms with Gasteiger partial charge in [-0.05, 0) is 25.5 Å². The fraction of sp³-hybridized carbons (Fsp3) is 0.389. The van der Waals surface area contributed by atoms with Crippen molar-refractivity contribution in [3.63, 3.8) is 0 Å². The highest BCUT2D eigenvalue weighted by Crippen LogP contribution is 2.31. The van der Waals surface area contributed by atoms with Crippen LogP contribution >= 0.6 is 0 Å². The predicted molar refractivity (Wildman–Crippen MR) is 93.7 cm³/mol. The van der Waals surface area contributed by atoms with Crippen LogP contribution in [0, 0.1) is 0 Å². The number of carbonyl (C=O) groups excluding carboxylic acids is 3. The molecule has 1 aliphatic heterocycles. The number of hydrogen-bond donors (Lipinski definition) is 0. The number of aldehydes is 1. The molecule has 0 aromatic heterocycles. The van der Waals surface area contributed by atoms with Gasteiger partial charge in [0.05, 0.1) is 13.1 Å². The Kier molecular flexibility index (Phi) is 6.53. The largest absolute Gasteiger partial charge is 0.617 e. The molecule has 0 amide bonds. The van der Waals surface area contributed by atoms with Crippen molar-refractivity contribution in [2.75, 3.05) is 20.1 Å². The normalized spacial score (nSPS) is 18.9. The van der Waals surface area contributed by atoms with Crippen LogP contribution in [0.3, 0.4) is 0 Å². The molecule has 1 aromatic rings. The highest BCUT2D eigenvalue weighted by molar-refractivity contribution is 6.57. The van der Waals surface area contributed by atoms with Crippen molar-refractivity contribution in [3.05, 3.63) is 48.0 Å². The zero-order valence-corrected chi connectivity index (χ0v) is 14.5. The summed E-state index contributed by atoms with van der Waals surface area (Å²) in [5.74, 6) is -1.08. The first-order valence-electron chi connectivity index (χ1n) is 8.26. The van der Waals surface area contributed by atoms with Crippen LogP contribution in [-0.4, -0.2) is 50.4 Å². The van der Waals surface area contributed by atoms with Crippen LogP contribution in [-0.2, 0) is 29.0 Å². The molecule has 0 N–H and O–H groups in total. The van der Waals surface area contributed by atoms with E-state index in [0.717, 1.165) is 6.42 Å². The lowest BCUT2D eigenvalue weighted by Gasteiger charge is -2.32. The summed E-state index contributed by atoms with van der Waals surface area (Å²) in [5, 5.41) is -1.28. The van der Waals surface area contributed by atoms with E-state index in [1.807, 2.05) is 25.1 Å². The molecule has 0 radical (unpaired) electrons. The maximum absolute atomic E-state index is 12.2. The molecule has 7 heteroatoms. The molecule has 1 unspecified atom stereocenters. The Bertz CT molecular complexity index is 628. The molecule has 1 atom stereocenters. The van der Waals surface area contributed by atoms with E-state index in [9.17, 15) is 14.4 Å². The Morgan fingerprint density at radius 3 is 2.24 bits per heavy atom. The minimum Gasteiger partial charge on any atom is -0.497 e. The van der Waals surface area contributed by atoms with Crippen LogP contribution in [0.1, 0.15) is 25.3 Å². The quantitative estimate of drug-likeness (QED) is 0.443. The second-order valence-electron chi connectivity index (χ2n) is 6.09. The molecular weight excluding hydrogens is 321 g/mol. The Morgan fingerprint density at radius 1 is 1.12 bits per heavy atom. The van der Waals surface area contributed by atoms with Gasteiger partial charge in [-0.15, -0.1) is 0 Å². The zero-order valence-electron chi connectivity index (χ0n) is 14.5. The number of allylic oxidation sites excluding steroid dienone is 2. The lowest BCUT2D eigenvalue weighted by Crippen LogP contribution is -2.54. The third-order valence-corrected chi connectivity index (χ3v) is 4.08. The monoisotopic (exact) mass is 343 g/mol. The maximum Gasteiger partial charge on any atom is 0.617 e. The van der Waals surface area contributed by atoms with Gasteiger partial charge in [0, 0.05) is 0 Å². The summed E-state index contributed by atoms with van der Waals surface area (Å²) in [6.45, 7) is 1.90. The van der Waals surface area contributed by atoms with Gasteiger partial charge in [-0.3, -0.25) is 14.5 Å². The highest BCUT2D eigenvalue weighted by atomic mass is 16.6. The van der Waals surface area contributed by atoms with Gasteiger partial charge in [0.25, 0.3) is 0 Å². The summed E-state index contributed by atoms with van der Waals surface area (Å²) < 4.78 is 10.8. The van der Waals surface area contributed by atoms with Crippen LogP contribution in [0.25, 0.3) is 0 Å². The average Bonchev–Trinajstić information content (AvgIpc) is 2.58. The van der Waals surface area contributed by atoms with Crippen molar-refractivity contribution in [2.24, 2.45) is 0 Å². The van der Waals surface area contributed by atoms with Gasteiger partial charge in [-0.25, -0.2) is 0 Å². The number of carbonyl (C=O) groups is 3. The highest BCUT2D eigenvalue weighted by Gasteiger charge is 2.53. The molecule has 0 bridgehead atoms. The minimum atomic E-state index is -1.30. The molecule has 0 saturated carbocycles. The van der Waals surface area contributed by atoms with E-state index >= 15 is 0 Å². The van der Waals surface area contributed by atoms with Crippen LogP contribution in [0.5, 0.6) is 0 Å². The average molecular weight is 343 g/mol. The van der Waals surface area contributed by atoms with Gasteiger partial charge >= 0.3 is 19.1 Å². The Morgan fingerprint density at radius 2 is 1.72 bits per heavy atom. The number of rotatable bonds is 6. The topological polar surface area (TPSA) is 72.9 Å². The van der Waals surface area contributed by atoms with E-state index in [0.29, 0.717) is 11.8 Å². The number of nitrogens with zero attached hydrogens (tertiary/aromatic N) is 1. The fourth-order valence-electron chi connectivity index (χ4n) is 2.76. The minimum absolute atomic E-state index is 0.0415. The lowest BCUT2D eigenvalue weighted by molar-refractivity contribution is -0.146. The molecule has 1 saturated heterocycles. The first-order chi connectivity index (χ1) is 12.0. The Labute approximate surface area is 147 Å². The first kappa shape index (κ1) is 18.9. The van der Waals surface area contributed by atoms with Gasteiger partial charge in [-0.2, -0.15) is 0 Å². The Balaban J connectivity index is 2.45. The molecular formula is C18H22BNO5. The maximum atomic E-state index is 12.2. The molecule has 1 heterocycles. The number of likely N-dealkylation sites (N-methyl/N-ethyl adjacent to an activating group) is 1. The Hall–Kier alpha value is -2.41. The van der Waals surface area contributed by atoms with Crippen LogP contribution < -0.4 is 0 Å². The van der Waals surface area contributed by atoms with Gasteiger partial charge in [0.1, 0.15) is 11.6 Å². The molecule has 132 valence electrons. The van der Waals surface area contributed by atoms with Gasteiger partial charge < -0.3 is 14.1 Å². The fourth-order valence-corrected chi connectivity index (χ4v) is 2.76. The molecule has 0 spiro atoms. The van der Waals surface area contributed by atoms with Crippen molar-refractivity contribution in [1.29, 1.82) is 0 Å². The van der Waals surface area contributed by atoms with Gasteiger partial charge in [0.2, 0.25) is 0 Å². The molecule has 1 aliphatic rings. The van der Waals surface area contributed by atoms with E-state index in [1.165, 1.54) is 4.90 Å². The summed E-state index contributed by atoms with van der Waals surface area (Å²) in [6, 6.07) is 8.93. The van der Waals surface area contributed by atoms with E-state index < -0.39 is 24.4 Å². The van der Waals surface area contributed by atoms with Crippen LogP contribution in [0.2, 0.25) is 0 Å². The second kappa shape index (κ2) is 8.62. The summed E-state index contributed by atoms with van der Waals surface area (Å²) in [5.41, 5.74) is 0.630. The smallest absolute Gasteiger partial charge is 0.497 e. The van der Waals surface area contributed by atoms with E-state index in [1.54, 1.807) is 31.3 Å². The SMILES string of the molecule is CC/C=C/CC(C=O)(B1OC(=O)CN(C)CC(=O)O1)c1ccccc1. The molecule has 0 aliphatic carbocycles. The van der Waals surface area contributed by atoms with Crippen molar-refractivity contribution in [3.8, 4) is 0 Å². The predicted octanol–water partition coefficient (Wildman–Crippen LogP) is 1.54. The van der Waals surface area contributed by atoms with Gasteiger partial charge in [0.15, 0.2) is 0 Å². The summed E-state index contributed by atoms with van der Waals surface area (Å²) in [7, 11) is 0.319. The second-order valence-corrected chi connectivity index (χ2v) is 6.09. The molecule has 6 nitrogen and oxygen atoms in total. The zero-order chi connectivity index (χ0) is 18.3. The van der Waals surface area contributed by atoms with Gasteiger partial charge in [-0.1, -0.05) is 49.4 Å². The summed E-state index contributed by atoms with van der Waals surface area (Å²) in [4.78, 5) is 37.9. The van der Waals surface area contributed by atoms with E-state index in [-0.39, 0.29) is 19.5 Å². The van der Waals surface area contributed by atoms with Crippen molar-refractivity contribution >= 4 is 25.3 Å². The number of benzene rings is 1. The van der Waals surface area contributed by atoms with Crippen molar-refractivity contribution in [2.45, 2.75) is 25.1 Å². The first-order valence-corrected chi connectivity index (χ1v) is 8.26.